The zero-order valence-corrected chi connectivity index (χ0v) is 17.9. The molecule has 0 saturated carbocycles. The number of hydrogen-bond donors (Lipinski definition) is 3. The predicted octanol–water partition coefficient (Wildman–Crippen LogP) is 1.99. The number of carbonyl (C=O) groups is 2. The average Bonchev–Trinajstić information content (AvgIpc) is 2.74. The molecule has 1 atom stereocenters. The van der Waals surface area contributed by atoms with Gasteiger partial charge >= 0.3 is 0 Å². The SMILES string of the molecule is COc1cc(F)c(C(OC)C(=O)N(Cl)Cc2ccc(C(=N)N)cc2OCC(N)=O)c(F)c1. The van der Waals surface area contributed by atoms with Gasteiger partial charge in [-0.05, 0) is 6.07 Å². The second kappa shape index (κ2) is 10.7. The molecule has 0 aliphatic rings. The smallest absolute Gasteiger partial charge is 0.271 e. The van der Waals surface area contributed by atoms with Gasteiger partial charge in [0.1, 0.15) is 29.0 Å². The van der Waals surface area contributed by atoms with Gasteiger partial charge in [0.05, 0.1) is 19.2 Å². The molecule has 2 amide bonds. The van der Waals surface area contributed by atoms with Gasteiger partial charge in [0, 0.05) is 42.1 Å². The van der Waals surface area contributed by atoms with E-state index in [0.29, 0.717) is 9.98 Å². The van der Waals surface area contributed by atoms with Gasteiger partial charge in [-0.15, -0.1) is 0 Å². The molecule has 0 saturated heterocycles. The first-order valence-electron chi connectivity index (χ1n) is 9.00. The third kappa shape index (κ3) is 5.83. The largest absolute Gasteiger partial charge is 0.497 e. The third-order valence-corrected chi connectivity index (χ3v) is 4.59. The number of methoxy groups -OCH3 is 2. The van der Waals surface area contributed by atoms with Crippen molar-refractivity contribution < 1.29 is 32.6 Å². The Labute approximate surface area is 187 Å². The van der Waals surface area contributed by atoms with Crippen molar-refractivity contribution in [3.05, 3.63) is 58.7 Å². The number of benzene rings is 2. The summed E-state index contributed by atoms with van der Waals surface area (Å²) in [7, 11) is 2.34. The van der Waals surface area contributed by atoms with Gasteiger partial charge in [0.25, 0.3) is 11.8 Å². The van der Waals surface area contributed by atoms with Crippen LogP contribution >= 0.6 is 11.8 Å². The number of amidine groups is 1. The average molecular weight is 471 g/mol. The van der Waals surface area contributed by atoms with E-state index in [1.807, 2.05) is 0 Å². The number of nitrogens with two attached hydrogens (primary N) is 2. The normalized spacial score (nSPS) is 11.5. The quantitative estimate of drug-likeness (QED) is 0.275. The Balaban J connectivity index is 2.33. The summed E-state index contributed by atoms with van der Waals surface area (Å²) in [5.41, 5.74) is 10.5. The molecule has 0 spiro atoms. The monoisotopic (exact) mass is 470 g/mol. The van der Waals surface area contributed by atoms with Crippen LogP contribution in [0.4, 0.5) is 8.78 Å². The van der Waals surface area contributed by atoms with Crippen molar-refractivity contribution in [3.63, 3.8) is 0 Å². The third-order valence-electron chi connectivity index (χ3n) is 4.31. The fourth-order valence-electron chi connectivity index (χ4n) is 2.76. The first kappa shape index (κ1) is 24.8. The highest BCUT2D eigenvalue weighted by molar-refractivity contribution is 6.21. The molecule has 0 radical (unpaired) electrons. The lowest BCUT2D eigenvalue weighted by atomic mass is 10.1. The molecular formula is C20H21ClF2N4O5. The Kier molecular flexibility index (Phi) is 8.33. The van der Waals surface area contributed by atoms with Crippen LogP contribution in [0.1, 0.15) is 22.8 Å². The molecule has 0 aliphatic carbocycles. The fraction of sp³-hybridized carbons (Fsp3) is 0.250. The zero-order chi connectivity index (χ0) is 24.0. The molecule has 2 rings (SSSR count). The van der Waals surface area contributed by atoms with Crippen molar-refractivity contribution in [1.29, 1.82) is 5.41 Å². The second-order valence-electron chi connectivity index (χ2n) is 6.47. The predicted molar refractivity (Wildman–Crippen MR) is 111 cm³/mol. The standard InChI is InChI=1S/C20H21ClF2N4O5/c1-30-12-6-13(22)17(14(23)7-12)18(31-2)20(29)27(21)8-11-4-3-10(19(25)26)5-15(11)32-9-16(24)28/h3-7,18H,8-9H2,1-2H3,(H2,24,28)(H3,25,26). The molecule has 1 unspecified atom stereocenters. The summed E-state index contributed by atoms with van der Waals surface area (Å²) in [5, 5.41) is 7.52. The first-order chi connectivity index (χ1) is 15.1. The first-order valence-corrected chi connectivity index (χ1v) is 9.34. The van der Waals surface area contributed by atoms with Crippen LogP contribution in [0, 0.1) is 17.0 Å². The topological polar surface area (TPSA) is 141 Å². The number of halogens is 3. The van der Waals surface area contributed by atoms with Gasteiger partial charge in [-0.3, -0.25) is 15.0 Å². The summed E-state index contributed by atoms with van der Waals surface area (Å²) in [5.74, 6) is -4.07. The van der Waals surface area contributed by atoms with E-state index >= 15 is 0 Å². The van der Waals surface area contributed by atoms with Gasteiger partial charge < -0.3 is 25.7 Å². The maximum atomic E-state index is 14.4. The number of nitrogens with one attached hydrogen (secondary N) is 1. The highest BCUT2D eigenvalue weighted by Crippen LogP contribution is 2.31. The van der Waals surface area contributed by atoms with E-state index < -0.39 is 41.7 Å². The Morgan fingerprint density at radius 1 is 1.16 bits per heavy atom. The molecule has 0 bridgehead atoms. The highest BCUT2D eigenvalue weighted by atomic mass is 35.5. The number of primary amides is 1. The Morgan fingerprint density at radius 3 is 2.28 bits per heavy atom. The van der Waals surface area contributed by atoms with E-state index in [2.05, 4.69) is 0 Å². The number of amides is 2. The van der Waals surface area contributed by atoms with Crippen molar-refractivity contribution >= 4 is 29.4 Å². The Morgan fingerprint density at radius 2 is 1.78 bits per heavy atom. The summed E-state index contributed by atoms with van der Waals surface area (Å²) in [4.78, 5) is 23.9. The van der Waals surface area contributed by atoms with Crippen LogP contribution in [-0.4, -0.2) is 42.9 Å². The molecule has 12 heteroatoms. The van der Waals surface area contributed by atoms with Crippen LogP contribution in [0.5, 0.6) is 11.5 Å². The minimum absolute atomic E-state index is 0.0735. The molecule has 2 aromatic rings. The second-order valence-corrected chi connectivity index (χ2v) is 6.88. The van der Waals surface area contributed by atoms with E-state index in [1.165, 1.54) is 25.3 Å². The van der Waals surface area contributed by atoms with E-state index in [0.717, 1.165) is 19.2 Å². The van der Waals surface area contributed by atoms with Crippen LogP contribution < -0.4 is 20.9 Å². The summed E-state index contributed by atoms with van der Waals surface area (Å²) in [6, 6.07) is 6.12. The summed E-state index contributed by atoms with van der Waals surface area (Å²) in [6.45, 7) is -0.778. The molecule has 5 N–H and O–H groups in total. The molecule has 0 fully saturated rings. The van der Waals surface area contributed by atoms with Gasteiger partial charge in [-0.25, -0.2) is 13.2 Å². The van der Waals surface area contributed by atoms with E-state index in [-0.39, 0.29) is 29.4 Å². The lowest BCUT2D eigenvalue weighted by Gasteiger charge is -2.23. The van der Waals surface area contributed by atoms with Gasteiger partial charge in [0.2, 0.25) is 0 Å². The van der Waals surface area contributed by atoms with Crippen molar-refractivity contribution in [1.82, 2.24) is 4.42 Å². The Bertz CT molecular complexity index is 1010. The summed E-state index contributed by atoms with van der Waals surface area (Å²) >= 11 is 6.11. The van der Waals surface area contributed by atoms with Crippen molar-refractivity contribution in [2.24, 2.45) is 11.5 Å². The molecular weight excluding hydrogens is 450 g/mol. The highest BCUT2D eigenvalue weighted by Gasteiger charge is 2.31. The number of carbonyl (C=O) groups excluding carboxylic acids is 2. The minimum atomic E-state index is -1.69. The molecule has 2 aromatic carbocycles. The van der Waals surface area contributed by atoms with E-state index in [1.54, 1.807) is 0 Å². The molecule has 9 nitrogen and oxygen atoms in total. The lowest BCUT2D eigenvalue weighted by Crippen LogP contribution is -2.30. The number of ether oxygens (including phenoxy) is 3. The summed E-state index contributed by atoms with van der Waals surface area (Å²) in [6.07, 6.45) is -1.69. The number of hydrogen-bond acceptors (Lipinski definition) is 6. The number of nitrogens with zero attached hydrogens (tertiary/aromatic N) is 1. The molecule has 0 heterocycles. The maximum absolute atomic E-state index is 14.4. The maximum Gasteiger partial charge on any atom is 0.271 e. The van der Waals surface area contributed by atoms with Crippen LogP contribution in [-0.2, 0) is 20.9 Å². The minimum Gasteiger partial charge on any atom is -0.497 e. The molecule has 32 heavy (non-hydrogen) atoms. The van der Waals surface area contributed by atoms with E-state index in [4.69, 9.17) is 42.9 Å². The number of rotatable bonds is 10. The molecule has 0 aromatic heterocycles. The van der Waals surface area contributed by atoms with E-state index in [9.17, 15) is 18.4 Å². The van der Waals surface area contributed by atoms with Crippen molar-refractivity contribution in [2.75, 3.05) is 20.8 Å². The van der Waals surface area contributed by atoms with Gasteiger partial charge in [-0.1, -0.05) is 12.1 Å². The van der Waals surface area contributed by atoms with Crippen LogP contribution in [0.15, 0.2) is 30.3 Å². The zero-order valence-electron chi connectivity index (χ0n) is 17.2. The van der Waals surface area contributed by atoms with Gasteiger partial charge in [0.15, 0.2) is 12.7 Å². The molecule has 172 valence electrons. The van der Waals surface area contributed by atoms with Crippen molar-refractivity contribution in [3.8, 4) is 11.5 Å². The molecule has 0 aliphatic heterocycles. The van der Waals surface area contributed by atoms with Crippen LogP contribution in [0.3, 0.4) is 0 Å². The van der Waals surface area contributed by atoms with Gasteiger partial charge in [-0.2, -0.15) is 0 Å². The lowest BCUT2D eigenvalue weighted by molar-refractivity contribution is -0.138. The van der Waals surface area contributed by atoms with Crippen molar-refractivity contribution in [2.45, 2.75) is 12.6 Å². The number of nitrogen functional groups attached to an aromatic ring is 1. The van der Waals surface area contributed by atoms with Crippen LogP contribution in [0.2, 0.25) is 0 Å². The summed E-state index contributed by atoms with van der Waals surface area (Å²) < 4.78 is 44.7. The Hall–Kier alpha value is -3.44. The van der Waals surface area contributed by atoms with Crippen LogP contribution in [0.25, 0.3) is 0 Å². The fourth-order valence-corrected chi connectivity index (χ4v) is 2.98.